The first-order chi connectivity index (χ1) is 21.9. The number of anilines is 1. The van der Waals surface area contributed by atoms with Gasteiger partial charge >= 0.3 is 18.1 Å². The second-order valence-electron chi connectivity index (χ2n) is 10.8. The predicted molar refractivity (Wildman–Crippen MR) is 167 cm³/mol. The number of carboxylic acids is 1. The van der Waals surface area contributed by atoms with Gasteiger partial charge in [0.1, 0.15) is 24.7 Å². The average molecular weight is 643 g/mol. The van der Waals surface area contributed by atoms with E-state index in [1.54, 1.807) is 68.4 Å². The Bertz CT molecular complexity index is 1320. The summed E-state index contributed by atoms with van der Waals surface area (Å²) in [6, 6.07) is 10.9. The van der Waals surface area contributed by atoms with Crippen LogP contribution in [0.5, 0.6) is 0 Å². The van der Waals surface area contributed by atoms with E-state index in [1.807, 2.05) is 0 Å². The highest BCUT2D eigenvalue weighted by Gasteiger charge is 2.32. The van der Waals surface area contributed by atoms with Crippen LogP contribution in [0.3, 0.4) is 0 Å². The van der Waals surface area contributed by atoms with E-state index in [0.717, 1.165) is 0 Å². The molecular weight excluding hydrogens is 600 g/mol. The van der Waals surface area contributed by atoms with Crippen LogP contribution in [0.2, 0.25) is 0 Å². The van der Waals surface area contributed by atoms with E-state index in [0.29, 0.717) is 16.8 Å². The summed E-state index contributed by atoms with van der Waals surface area (Å²) in [5, 5.41) is 31.1. The summed E-state index contributed by atoms with van der Waals surface area (Å²) in [4.78, 5) is 74.7. The Morgan fingerprint density at radius 1 is 0.804 bits per heavy atom. The molecular formula is C31H42N6O9. The molecule has 2 rings (SSSR count). The van der Waals surface area contributed by atoms with E-state index >= 15 is 0 Å². The summed E-state index contributed by atoms with van der Waals surface area (Å²) in [6.07, 6.45) is -1.30. The maximum Gasteiger partial charge on any atom is 0.408 e. The minimum absolute atomic E-state index is 0.0824. The van der Waals surface area contributed by atoms with Crippen LogP contribution in [0.1, 0.15) is 50.7 Å². The molecule has 3 atom stereocenters. The van der Waals surface area contributed by atoms with Crippen molar-refractivity contribution in [3.8, 4) is 0 Å². The summed E-state index contributed by atoms with van der Waals surface area (Å²) >= 11 is 0. The summed E-state index contributed by atoms with van der Waals surface area (Å²) in [7, 11) is 0. The van der Waals surface area contributed by atoms with E-state index in [1.165, 1.54) is 0 Å². The molecule has 0 aliphatic heterocycles. The Kier molecular flexibility index (Phi) is 15.5. The van der Waals surface area contributed by atoms with Crippen molar-refractivity contribution in [3.63, 3.8) is 0 Å². The highest BCUT2D eigenvalue weighted by atomic mass is 16.5. The number of nitrogens with one attached hydrogen (secondary N) is 5. The lowest BCUT2D eigenvalue weighted by Gasteiger charge is -2.27. The Morgan fingerprint density at radius 2 is 1.46 bits per heavy atom. The standard InChI is InChI=1S/C31H42N6O9/c1-19(2)26(37-28(42)24(14-15-25(39)40)36-31(45)46-18-21-7-4-3-5-8-21)29(43)35-23(9-6-16-33-30(32)44)27(41)34-22-12-10-20(17-38)11-13-22/h3-5,7-8,10-13,19,23-24,26,38H,6,9,14-18H2,1-2H3,(H,34,41)(H,35,43)(H,36,45)(H,37,42)(H,39,40)(H3,32,33,44)/t23-,24-,26-/m0/s1. The topological polar surface area (TPSA) is 238 Å². The number of aliphatic carboxylic acids is 1. The minimum atomic E-state index is -1.34. The lowest BCUT2D eigenvalue weighted by atomic mass is 10.0. The molecule has 15 heteroatoms. The van der Waals surface area contributed by atoms with E-state index < -0.39 is 66.3 Å². The number of alkyl carbamates (subject to hydrolysis) is 1. The Balaban J connectivity index is 2.14. The van der Waals surface area contributed by atoms with Crippen LogP contribution in [0.4, 0.5) is 15.3 Å². The second kappa shape index (κ2) is 19.3. The number of rotatable bonds is 18. The van der Waals surface area contributed by atoms with Gasteiger partial charge in [0.25, 0.3) is 0 Å². The van der Waals surface area contributed by atoms with Crippen LogP contribution in [0.25, 0.3) is 0 Å². The van der Waals surface area contributed by atoms with Gasteiger partial charge in [-0.15, -0.1) is 0 Å². The van der Waals surface area contributed by atoms with Crippen molar-refractivity contribution in [2.45, 2.75) is 70.9 Å². The van der Waals surface area contributed by atoms with Crippen molar-refractivity contribution in [1.82, 2.24) is 21.3 Å². The molecule has 15 nitrogen and oxygen atoms in total. The van der Waals surface area contributed by atoms with Crippen molar-refractivity contribution >= 4 is 41.5 Å². The van der Waals surface area contributed by atoms with Gasteiger partial charge in [-0.25, -0.2) is 9.59 Å². The Morgan fingerprint density at radius 3 is 2.04 bits per heavy atom. The van der Waals surface area contributed by atoms with Crippen LogP contribution in [-0.4, -0.2) is 70.7 Å². The first-order valence-corrected chi connectivity index (χ1v) is 14.7. The first-order valence-electron chi connectivity index (χ1n) is 14.7. The third-order valence-corrected chi connectivity index (χ3v) is 6.72. The average Bonchev–Trinajstić information content (AvgIpc) is 3.02. The molecule has 9 N–H and O–H groups in total. The lowest BCUT2D eigenvalue weighted by Crippen LogP contribution is -2.58. The van der Waals surface area contributed by atoms with Crippen LogP contribution < -0.4 is 32.3 Å². The molecule has 250 valence electrons. The van der Waals surface area contributed by atoms with E-state index in [-0.39, 0.29) is 39.0 Å². The van der Waals surface area contributed by atoms with Gasteiger partial charge in [-0.3, -0.25) is 19.2 Å². The molecule has 6 amide bonds. The molecule has 0 radical (unpaired) electrons. The molecule has 0 fully saturated rings. The number of benzene rings is 2. The van der Waals surface area contributed by atoms with Crippen molar-refractivity contribution in [1.29, 1.82) is 0 Å². The number of hydrogen-bond donors (Lipinski definition) is 8. The van der Waals surface area contributed by atoms with Crippen LogP contribution in [0.15, 0.2) is 54.6 Å². The number of carboxylic acid groups (broad SMARTS) is 1. The lowest BCUT2D eigenvalue weighted by molar-refractivity contribution is -0.137. The largest absolute Gasteiger partial charge is 0.481 e. The smallest absolute Gasteiger partial charge is 0.408 e. The zero-order valence-corrected chi connectivity index (χ0v) is 25.8. The molecule has 0 aromatic heterocycles. The number of carbonyl (C=O) groups is 6. The summed E-state index contributed by atoms with van der Waals surface area (Å²) in [5.41, 5.74) is 6.86. The number of hydrogen-bond acceptors (Lipinski definition) is 8. The van der Waals surface area contributed by atoms with Gasteiger partial charge in [0.2, 0.25) is 17.7 Å². The molecule has 2 aromatic carbocycles. The molecule has 0 aliphatic rings. The Hall–Kier alpha value is -5.18. The van der Waals surface area contributed by atoms with Crippen molar-refractivity contribution < 1.29 is 43.7 Å². The van der Waals surface area contributed by atoms with Gasteiger partial charge in [0.05, 0.1) is 6.61 Å². The number of aliphatic hydroxyl groups is 1. The summed E-state index contributed by atoms with van der Waals surface area (Å²) < 4.78 is 5.17. The third-order valence-electron chi connectivity index (χ3n) is 6.72. The highest BCUT2D eigenvalue weighted by molar-refractivity contribution is 5.99. The van der Waals surface area contributed by atoms with Crippen molar-refractivity contribution in [2.75, 3.05) is 11.9 Å². The molecule has 0 saturated carbocycles. The predicted octanol–water partition coefficient (Wildman–Crippen LogP) is 1.35. The number of ether oxygens (including phenoxy) is 1. The van der Waals surface area contributed by atoms with Gasteiger partial charge in [-0.05, 0) is 48.4 Å². The van der Waals surface area contributed by atoms with Gasteiger partial charge < -0.3 is 47.3 Å². The minimum Gasteiger partial charge on any atom is -0.481 e. The molecule has 0 bridgehead atoms. The molecule has 46 heavy (non-hydrogen) atoms. The number of carbonyl (C=O) groups excluding carboxylic acids is 5. The molecule has 0 saturated heterocycles. The van der Waals surface area contributed by atoms with Crippen molar-refractivity contribution in [2.24, 2.45) is 11.7 Å². The normalized spacial score (nSPS) is 12.6. The number of primary amides is 1. The molecule has 0 aliphatic carbocycles. The van der Waals surface area contributed by atoms with Gasteiger partial charge in [-0.2, -0.15) is 0 Å². The second-order valence-corrected chi connectivity index (χ2v) is 10.8. The molecule has 0 unspecified atom stereocenters. The van der Waals surface area contributed by atoms with E-state index in [4.69, 9.17) is 10.5 Å². The molecule has 0 heterocycles. The van der Waals surface area contributed by atoms with E-state index in [9.17, 15) is 39.0 Å². The summed E-state index contributed by atoms with van der Waals surface area (Å²) in [6.45, 7) is 3.20. The first kappa shape index (κ1) is 37.0. The number of aliphatic hydroxyl groups excluding tert-OH is 1. The van der Waals surface area contributed by atoms with Crippen LogP contribution in [-0.2, 0) is 37.1 Å². The SMILES string of the molecule is CC(C)[C@H](NC(=O)[C@H](CCC(=O)O)NC(=O)OCc1ccccc1)C(=O)N[C@@H](CCCNC(N)=O)C(=O)Nc1ccc(CO)cc1. The fourth-order valence-electron chi connectivity index (χ4n) is 4.20. The maximum atomic E-state index is 13.5. The highest BCUT2D eigenvalue weighted by Crippen LogP contribution is 2.12. The number of amides is 6. The Labute approximate surface area is 266 Å². The quantitative estimate of drug-likeness (QED) is 0.109. The number of nitrogens with two attached hydrogens (primary N) is 1. The third kappa shape index (κ3) is 13.6. The molecule has 0 spiro atoms. The fraction of sp³-hybridized carbons (Fsp3) is 0.419. The van der Waals surface area contributed by atoms with Crippen molar-refractivity contribution in [3.05, 3.63) is 65.7 Å². The monoisotopic (exact) mass is 642 g/mol. The van der Waals surface area contributed by atoms with Gasteiger partial charge in [0, 0.05) is 18.7 Å². The number of urea groups is 1. The maximum absolute atomic E-state index is 13.5. The van der Waals surface area contributed by atoms with E-state index in [2.05, 4.69) is 26.6 Å². The molecule has 2 aromatic rings. The summed E-state index contributed by atoms with van der Waals surface area (Å²) in [5.74, 6) is -3.77. The van der Waals surface area contributed by atoms with Crippen LogP contribution in [0, 0.1) is 5.92 Å². The zero-order valence-electron chi connectivity index (χ0n) is 25.8. The van der Waals surface area contributed by atoms with Crippen LogP contribution >= 0.6 is 0 Å². The van der Waals surface area contributed by atoms with Gasteiger partial charge in [-0.1, -0.05) is 56.3 Å². The fourth-order valence-corrected chi connectivity index (χ4v) is 4.20. The van der Waals surface area contributed by atoms with Gasteiger partial charge in [0.15, 0.2) is 0 Å². The zero-order chi connectivity index (χ0) is 34.1.